The number of methoxy groups -OCH3 is 1. The number of nitrogens with zero attached hydrogens (tertiary/aromatic N) is 2. The Morgan fingerprint density at radius 2 is 2.20 bits per heavy atom. The van der Waals surface area contributed by atoms with Crippen LogP contribution in [-0.4, -0.2) is 30.5 Å². The second-order valence-corrected chi connectivity index (χ2v) is 4.46. The first-order valence-electron chi connectivity index (χ1n) is 6.14. The Morgan fingerprint density at radius 3 is 2.90 bits per heavy atom. The number of ether oxygens (including phenoxy) is 2. The highest BCUT2D eigenvalue weighted by molar-refractivity contribution is 5.63. The first-order chi connectivity index (χ1) is 9.70. The molecule has 1 atom stereocenters. The monoisotopic (exact) mass is 282 g/mol. The molecule has 2 heterocycles. The van der Waals surface area contributed by atoms with Crippen molar-refractivity contribution in [1.82, 2.24) is 10.1 Å². The van der Waals surface area contributed by atoms with Crippen LogP contribution in [0.15, 0.2) is 16.7 Å². The first-order valence-corrected chi connectivity index (χ1v) is 6.14. The van der Waals surface area contributed by atoms with Crippen molar-refractivity contribution in [2.45, 2.75) is 12.3 Å². The van der Waals surface area contributed by atoms with Crippen LogP contribution in [-0.2, 0) is 4.74 Å². The second kappa shape index (κ2) is 5.16. The maximum absolute atomic E-state index is 13.9. The van der Waals surface area contributed by atoms with Crippen molar-refractivity contribution >= 4 is 0 Å². The van der Waals surface area contributed by atoms with Crippen LogP contribution in [0.1, 0.15) is 18.2 Å². The minimum Gasteiger partial charge on any atom is -0.496 e. The van der Waals surface area contributed by atoms with Gasteiger partial charge in [-0.1, -0.05) is 5.16 Å². The van der Waals surface area contributed by atoms with E-state index in [0.29, 0.717) is 19.0 Å². The Labute approximate surface area is 113 Å². The summed E-state index contributed by atoms with van der Waals surface area (Å²) in [6.07, 6.45) is 0.780. The zero-order valence-electron chi connectivity index (χ0n) is 10.7. The topological polar surface area (TPSA) is 57.4 Å². The maximum Gasteiger partial charge on any atom is 0.264 e. The highest BCUT2D eigenvalue weighted by atomic mass is 19.2. The predicted octanol–water partition coefficient (Wildman–Crippen LogP) is 2.53. The van der Waals surface area contributed by atoms with Crippen LogP contribution in [0.3, 0.4) is 0 Å². The Balaban J connectivity index is 2.02. The summed E-state index contributed by atoms with van der Waals surface area (Å²) in [7, 11) is 1.36. The number of halogens is 2. The molecule has 0 amide bonds. The van der Waals surface area contributed by atoms with Crippen molar-refractivity contribution < 1.29 is 22.8 Å². The van der Waals surface area contributed by atoms with Gasteiger partial charge in [-0.2, -0.15) is 4.98 Å². The standard InChI is InChI=1S/C13H12F2N2O3/c1-18-9-3-2-8(14)11(15)10(9)13-16-12(17-20-13)7-4-5-19-6-7/h2-3,7H,4-6H2,1H3. The number of aromatic nitrogens is 2. The molecule has 1 aliphatic heterocycles. The Bertz CT molecular complexity index is 624. The number of hydrogen-bond donors (Lipinski definition) is 0. The molecule has 1 fully saturated rings. The van der Waals surface area contributed by atoms with Gasteiger partial charge in [0.2, 0.25) is 0 Å². The lowest BCUT2D eigenvalue weighted by atomic mass is 10.1. The summed E-state index contributed by atoms with van der Waals surface area (Å²) in [5.74, 6) is -1.56. The van der Waals surface area contributed by atoms with Gasteiger partial charge in [-0.3, -0.25) is 0 Å². The SMILES string of the molecule is COc1ccc(F)c(F)c1-c1nc(C2CCOC2)no1. The summed E-state index contributed by atoms with van der Waals surface area (Å²) in [5, 5.41) is 3.81. The summed E-state index contributed by atoms with van der Waals surface area (Å²) < 4.78 is 42.5. The van der Waals surface area contributed by atoms with E-state index < -0.39 is 11.6 Å². The van der Waals surface area contributed by atoms with Crippen molar-refractivity contribution in [3.63, 3.8) is 0 Å². The minimum absolute atomic E-state index is 0.0233. The molecular weight excluding hydrogens is 270 g/mol. The highest BCUT2D eigenvalue weighted by Crippen LogP contribution is 2.34. The molecule has 20 heavy (non-hydrogen) atoms. The molecule has 0 spiro atoms. The molecule has 0 radical (unpaired) electrons. The van der Waals surface area contributed by atoms with Gasteiger partial charge in [-0.25, -0.2) is 8.78 Å². The fourth-order valence-corrected chi connectivity index (χ4v) is 2.14. The number of hydrogen-bond acceptors (Lipinski definition) is 5. The van der Waals surface area contributed by atoms with Crippen LogP contribution >= 0.6 is 0 Å². The lowest BCUT2D eigenvalue weighted by Gasteiger charge is -2.06. The number of benzene rings is 1. The third-order valence-corrected chi connectivity index (χ3v) is 3.23. The van der Waals surface area contributed by atoms with E-state index in [-0.39, 0.29) is 23.1 Å². The number of rotatable bonds is 3. The van der Waals surface area contributed by atoms with Crippen molar-refractivity contribution in [2.75, 3.05) is 20.3 Å². The molecular formula is C13H12F2N2O3. The van der Waals surface area contributed by atoms with Gasteiger partial charge in [0.1, 0.15) is 11.3 Å². The van der Waals surface area contributed by atoms with Gasteiger partial charge in [-0.05, 0) is 18.6 Å². The van der Waals surface area contributed by atoms with Gasteiger partial charge in [0.05, 0.1) is 13.7 Å². The zero-order chi connectivity index (χ0) is 14.1. The summed E-state index contributed by atoms with van der Waals surface area (Å²) in [5.41, 5.74) is -0.162. The Hall–Kier alpha value is -2.02. The molecule has 106 valence electrons. The van der Waals surface area contributed by atoms with Crippen LogP contribution in [0, 0.1) is 11.6 Å². The van der Waals surface area contributed by atoms with Crippen LogP contribution in [0.2, 0.25) is 0 Å². The van der Waals surface area contributed by atoms with Gasteiger partial charge in [0.15, 0.2) is 17.5 Å². The van der Waals surface area contributed by atoms with E-state index in [2.05, 4.69) is 10.1 Å². The second-order valence-electron chi connectivity index (χ2n) is 4.46. The van der Waals surface area contributed by atoms with Gasteiger partial charge >= 0.3 is 0 Å². The fourth-order valence-electron chi connectivity index (χ4n) is 2.14. The molecule has 0 aliphatic carbocycles. The summed E-state index contributed by atoms with van der Waals surface area (Å²) in [4.78, 5) is 4.13. The van der Waals surface area contributed by atoms with Gasteiger partial charge in [0, 0.05) is 12.5 Å². The van der Waals surface area contributed by atoms with E-state index in [9.17, 15) is 8.78 Å². The lowest BCUT2D eigenvalue weighted by molar-refractivity contribution is 0.192. The summed E-state index contributed by atoms with van der Waals surface area (Å²) >= 11 is 0. The van der Waals surface area contributed by atoms with Crippen LogP contribution < -0.4 is 4.74 Å². The Morgan fingerprint density at radius 1 is 1.35 bits per heavy atom. The van der Waals surface area contributed by atoms with Crippen LogP contribution in [0.4, 0.5) is 8.78 Å². The molecule has 7 heteroatoms. The Kier molecular flexibility index (Phi) is 3.35. The molecule has 0 bridgehead atoms. The van der Waals surface area contributed by atoms with Gasteiger partial charge in [0.25, 0.3) is 5.89 Å². The van der Waals surface area contributed by atoms with E-state index in [0.717, 1.165) is 12.5 Å². The van der Waals surface area contributed by atoms with Crippen molar-refractivity contribution in [1.29, 1.82) is 0 Å². The molecule has 1 unspecified atom stereocenters. The molecule has 5 nitrogen and oxygen atoms in total. The predicted molar refractivity (Wildman–Crippen MR) is 64.4 cm³/mol. The molecule has 2 aromatic rings. The molecule has 3 rings (SSSR count). The lowest BCUT2D eigenvalue weighted by Crippen LogP contribution is -2.00. The molecule has 0 saturated carbocycles. The zero-order valence-corrected chi connectivity index (χ0v) is 10.7. The smallest absolute Gasteiger partial charge is 0.264 e. The van der Waals surface area contributed by atoms with Gasteiger partial charge in [-0.15, -0.1) is 0 Å². The third-order valence-electron chi connectivity index (χ3n) is 3.23. The molecule has 1 aromatic heterocycles. The van der Waals surface area contributed by atoms with Crippen molar-refractivity contribution in [2.24, 2.45) is 0 Å². The maximum atomic E-state index is 13.9. The third kappa shape index (κ3) is 2.14. The quantitative estimate of drug-likeness (QED) is 0.865. The van der Waals surface area contributed by atoms with Gasteiger partial charge < -0.3 is 14.0 Å². The average molecular weight is 282 g/mol. The summed E-state index contributed by atoms with van der Waals surface area (Å²) in [6, 6.07) is 2.30. The summed E-state index contributed by atoms with van der Waals surface area (Å²) in [6.45, 7) is 1.13. The highest BCUT2D eigenvalue weighted by Gasteiger charge is 2.26. The van der Waals surface area contributed by atoms with E-state index >= 15 is 0 Å². The van der Waals surface area contributed by atoms with E-state index in [1.807, 2.05) is 0 Å². The average Bonchev–Trinajstić information content (AvgIpc) is 3.11. The largest absolute Gasteiger partial charge is 0.496 e. The van der Waals surface area contributed by atoms with Crippen LogP contribution in [0.25, 0.3) is 11.5 Å². The van der Waals surface area contributed by atoms with Crippen molar-refractivity contribution in [3.05, 3.63) is 29.6 Å². The minimum atomic E-state index is -1.07. The molecule has 1 saturated heterocycles. The van der Waals surface area contributed by atoms with E-state index in [4.69, 9.17) is 14.0 Å². The van der Waals surface area contributed by atoms with E-state index in [1.54, 1.807) is 0 Å². The first kappa shape index (κ1) is 13.0. The molecule has 1 aromatic carbocycles. The molecule has 1 aliphatic rings. The van der Waals surface area contributed by atoms with Crippen molar-refractivity contribution in [3.8, 4) is 17.2 Å². The fraction of sp³-hybridized carbons (Fsp3) is 0.385. The molecule has 0 N–H and O–H groups in total. The van der Waals surface area contributed by atoms with E-state index in [1.165, 1.54) is 13.2 Å². The normalized spacial score (nSPS) is 18.4. The van der Waals surface area contributed by atoms with Crippen LogP contribution in [0.5, 0.6) is 5.75 Å².